The number of aliphatic carboxylic acids is 1. The molecule has 2 aliphatic heterocycles. The van der Waals surface area contributed by atoms with E-state index in [1.807, 2.05) is 0 Å². The summed E-state index contributed by atoms with van der Waals surface area (Å²) in [6, 6.07) is 15.7. The topological polar surface area (TPSA) is 266 Å². The van der Waals surface area contributed by atoms with Crippen LogP contribution in [0.15, 0.2) is 60.7 Å². The fourth-order valence-corrected chi connectivity index (χ4v) is 5.92. The Morgan fingerprint density at radius 3 is 1.75 bits per heavy atom. The highest BCUT2D eigenvalue weighted by Gasteiger charge is 2.54. The summed E-state index contributed by atoms with van der Waals surface area (Å²) >= 11 is 0. The minimum Gasteiger partial charge on any atom is -0.547 e. The van der Waals surface area contributed by atoms with Crippen LogP contribution in [0.3, 0.4) is 0 Å². The molecule has 18 heteroatoms. The summed E-state index contributed by atoms with van der Waals surface area (Å²) in [5.41, 5.74) is 0.479. The molecule has 5 N–H and O–H groups in total. The Hall–Kier alpha value is -4.08. The van der Waals surface area contributed by atoms with Crippen molar-refractivity contribution in [3.05, 3.63) is 71.8 Å². The number of ether oxygens (including phenoxy) is 8. The first kappa shape index (κ1) is 44.6. The summed E-state index contributed by atoms with van der Waals surface area (Å²) in [6.45, 7) is 6.31. The zero-order chi connectivity index (χ0) is 41.3. The van der Waals surface area contributed by atoms with Crippen molar-refractivity contribution in [3.8, 4) is 0 Å². The Balaban J connectivity index is 1.81. The van der Waals surface area contributed by atoms with Crippen LogP contribution in [0.5, 0.6) is 0 Å². The van der Waals surface area contributed by atoms with Gasteiger partial charge < -0.3 is 73.3 Å². The number of carbonyl (C=O) groups excluding carboxylic acids is 4. The molecule has 0 aliphatic carbocycles. The smallest absolute Gasteiger partial charge is 0.339 e. The maximum absolute atomic E-state index is 13.9. The molecule has 0 amide bonds. The lowest BCUT2D eigenvalue weighted by atomic mass is 9.97. The van der Waals surface area contributed by atoms with E-state index in [2.05, 4.69) is 0 Å². The molecule has 310 valence electrons. The molecule has 0 radical (unpaired) electrons. The molecule has 0 unspecified atom stereocenters. The zero-order valence-electron chi connectivity index (χ0n) is 31.4. The van der Waals surface area contributed by atoms with E-state index < -0.39 is 122 Å². The monoisotopic (exact) mass is 793 g/mol. The quantitative estimate of drug-likeness (QED) is 0.0905. The number of rotatable bonds is 17. The highest BCUT2D eigenvalue weighted by atomic mass is 16.8. The van der Waals surface area contributed by atoms with Gasteiger partial charge in [0.05, 0.1) is 36.5 Å². The molecule has 13 atom stereocenters. The molecular weight excluding hydrogens is 744 g/mol. The van der Waals surface area contributed by atoms with E-state index >= 15 is 0 Å². The van der Waals surface area contributed by atoms with E-state index in [1.165, 1.54) is 58.9 Å². The number of carboxylic acid groups (broad SMARTS) is 1. The van der Waals surface area contributed by atoms with Crippen LogP contribution in [0, 0.1) is 0 Å². The van der Waals surface area contributed by atoms with Crippen molar-refractivity contribution in [3.63, 3.8) is 0 Å². The van der Waals surface area contributed by atoms with Crippen LogP contribution in [0.2, 0.25) is 0 Å². The molecule has 2 heterocycles. The third-order valence-corrected chi connectivity index (χ3v) is 8.71. The van der Waals surface area contributed by atoms with Crippen molar-refractivity contribution in [1.82, 2.24) is 0 Å². The Morgan fingerprint density at radius 2 is 1.23 bits per heavy atom. The van der Waals surface area contributed by atoms with Gasteiger partial charge >= 0.3 is 17.9 Å². The van der Waals surface area contributed by atoms with Crippen molar-refractivity contribution in [1.29, 1.82) is 0 Å². The lowest BCUT2D eigenvalue weighted by Gasteiger charge is -2.45. The van der Waals surface area contributed by atoms with Gasteiger partial charge in [0.1, 0.15) is 42.7 Å². The number of carboxylic acids is 1. The van der Waals surface area contributed by atoms with Crippen molar-refractivity contribution in [2.24, 2.45) is 0 Å². The predicted octanol–water partition coefficient (Wildman–Crippen LogP) is -1.46. The van der Waals surface area contributed by atoms with Gasteiger partial charge in [0, 0.05) is 6.42 Å². The third-order valence-electron chi connectivity index (χ3n) is 8.71. The summed E-state index contributed by atoms with van der Waals surface area (Å²) in [5, 5.41) is 65.6. The van der Waals surface area contributed by atoms with Gasteiger partial charge in [-0.25, -0.2) is 14.4 Å². The van der Waals surface area contributed by atoms with E-state index in [4.69, 9.17) is 37.9 Å². The van der Waals surface area contributed by atoms with Gasteiger partial charge in [0.25, 0.3) is 0 Å². The number of esters is 3. The molecule has 2 aromatic rings. The molecular formula is C38H49O18-. The largest absolute Gasteiger partial charge is 0.547 e. The lowest BCUT2D eigenvalue weighted by Crippen LogP contribution is -2.64. The Bertz CT molecular complexity index is 1570. The van der Waals surface area contributed by atoms with Crippen LogP contribution in [0.4, 0.5) is 0 Å². The number of hydrogen-bond donors (Lipinski definition) is 5. The summed E-state index contributed by atoms with van der Waals surface area (Å²) in [6.07, 6.45) is -26.0. The average Bonchev–Trinajstić information content (AvgIpc) is 3.15. The van der Waals surface area contributed by atoms with Gasteiger partial charge in [-0.05, 0) is 52.3 Å². The maximum atomic E-state index is 13.9. The van der Waals surface area contributed by atoms with Crippen molar-refractivity contribution in [2.75, 3.05) is 6.61 Å². The molecule has 18 nitrogen and oxygen atoms in total. The standard InChI is InChI=1S/C38H50O18/c1-18(2)49-35(47)30(55-37-28(43)27(42)25(40)20(5)51-37)31(36(48)50-19(3)4)56-38-32(54-34(46)22-14-10-7-11-15-22)29(26(41)24(17-39)53-38)52-23(33(44)45)16-21-12-8-6-9-13-21/h6-15,18-20,23-32,37-43H,16-17H2,1-5H3,(H,44,45)/p-1/t20-,23+,24+,25+,26-,27+,28-,29-,30+,31+,32+,37-,38-/m0/s1. The van der Waals surface area contributed by atoms with Crippen molar-refractivity contribution >= 4 is 23.9 Å². The van der Waals surface area contributed by atoms with Crippen LogP contribution >= 0.6 is 0 Å². The molecule has 2 aliphatic rings. The van der Waals surface area contributed by atoms with Crippen LogP contribution < -0.4 is 5.11 Å². The second-order valence-electron chi connectivity index (χ2n) is 13.8. The Kier molecular flexibility index (Phi) is 16.2. The van der Waals surface area contributed by atoms with Crippen molar-refractivity contribution < 1.29 is 87.7 Å². The van der Waals surface area contributed by atoms with Gasteiger partial charge in [-0.3, -0.25) is 0 Å². The molecule has 2 fully saturated rings. The van der Waals surface area contributed by atoms with E-state index in [9.17, 15) is 49.8 Å². The fourth-order valence-electron chi connectivity index (χ4n) is 5.92. The molecule has 0 aromatic heterocycles. The molecule has 4 rings (SSSR count). The highest BCUT2D eigenvalue weighted by molar-refractivity contribution is 5.89. The van der Waals surface area contributed by atoms with Gasteiger partial charge in [0.15, 0.2) is 30.9 Å². The Morgan fingerprint density at radius 1 is 0.696 bits per heavy atom. The molecule has 0 bridgehead atoms. The van der Waals surface area contributed by atoms with Gasteiger partial charge in [-0.15, -0.1) is 0 Å². The van der Waals surface area contributed by atoms with E-state index in [-0.39, 0.29) is 12.0 Å². The van der Waals surface area contributed by atoms with Gasteiger partial charge in [-0.1, -0.05) is 48.5 Å². The molecule has 2 aromatic carbocycles. The number of hydrogen-bond acceptors (Lipinski definition) is 18. The average molecular weight is 794 g/mol. The van der Waals surface area contributed by atoms with Crippen LogP contribution in [-0.2, 0) is 58.7 Å². The maximum Gasteiger partial charge on any atom is 0.339 e. The second-order valence-corrected chi connectivity index (χ2v) is 13.8. The summed E-state index contributed by atoms with van der Waals surface area (Å²) in [5.74, 6) is -5.32. The first-order chi connectivity index (χ1) is 26.5. The normalized spacial score (nSPS) is 29.6. The molecule has 0 saturated carbocycles. The van der Waals surface area contributed by atoms with E-state index in [1.54, 1.807) is 36.4 Å². The van der Waals surface area contributed by atoms with Gasteiger partial charge in [0.2, 0.25) is 0 Å². The minimum absolute atomic E-state index is 0.0136. The molecule has 56 heavy (non-hydrogen) atoms. The first-order valence-corrected chi connectivity index (χ1v) is 18.0. The molecule has 0 spiro atoms. The van der Waals surface area contributed by atoms with Crippen LogP contribution in [-0.4, -0.2) is 148 Å². The fraction of sp³-hybridized carbons (Fsp3) is 0.579. The predicted molar refractivity (Wildman–Crippen MR) is 186 cm³/mol. The zero-order valence-corrected chi connectivity index (χ0v) is 31.4. The third kappa shape index (κ3) is 11.5. The minimum atomic E-state index is -2.25. The Labute approximate surface area is 322 Å². The summed E-state index contributed by atoms with van der Waals surface area (Å²) < 4.78 is 45.6. The lowest BCUT2D eigenvalue weighted by molar-refractivity contribution is -0.346. The van der Waals surface area contributed by atoms with Crippen LogP contribution in [0.25, 0.3) is 0 Å². The molecule has 2 saturated heterocycles. The number of benzene rings is 2. The summed E-state index contributed by atoms with van der Waals surface area (Å²) in [7, 11) is 0. The van der Waals surface area contributed by atoms with E-state index in [0.29, 0.717) is 5.56 Å². The number of carbonyl (C=O) groups is 4. The van der Waals surface area contributed by atoms with Crippen molar-refractivity contribution in [2.45, 2.75) is 133 Å². The number of aliphatic hydroxyl groups is 5. The van der Waals surface area contributed by atoms with Crippen LogP contribution in [0.1, 0.15) is 50.5 Å². The summed E-state index contributed by atoms with van der Waals surface area (Å²) in [4.78, 5) is 53.6. The number of aliphatic hydroxyl groups excluding tert-OH is 5. The SMILES string of the molecule is CC(C)OC(=O)[C@H](O[C@@H]1O[C@@H](C)[C@@H](O)[C@@H](O)[C@@H]1O)[C@@H](O[C@@H]1O[C@H](CO)[C@H](O)[C@H](O[C@H](Cc2ccccc2)C(=O)[O-])[C@H]1OC(=O)c1ccccc1)C(=O)OC(C)C. The highest BCUT2D eigenvalue weighted by Crippen LogP contribution is 2.32. The van der Waals surface area contributed by atoms with Gasteiger partial charge in [-0.2, -0.15) is 0 Å². The first-order valence-electron chi connectivity index (χ1n) is 18.0. The van der Waals surface area contributed by atoms with E-state index in [0.717, 1.165) is 0 Å². The second kappa shape index (κ2) is 20.4.